The highest BCUT2D eigenvalue weighted by Gasteiger charge is 2.34. The fraction of sp³-hybridized carbons (Fsp3) is 0.154. The van der Waals surface area contributed by atoms with Gasteiger partial charge in [-0.05, 0) is 29.6 Å². The number of methoxy groups -OCH3 is 1. The van der Waals surface area contributed by atoms with E-state index in [1.54, 1.807) is 0 Å². The molecule has 11 heteroatoms. The maximum Gasteiger partial charge on any atom is 0.417 e. The predicted molar refractivity (Wildman–Crippen MR) is 82.9 cm³/mol. The molecule has 0 aliphatic rings. The summed E-state index contributed by atoms with van der Waals surface area (Å²) in [7, 11) is -3.24. The normalized spacial score (nSPS) is 12.0. The number of thiophene rings is 1. The van der Waals surface area contributed by atoms with Crippen LogP contribution in [0.3, 0.4) is 0 Å². The lowest BCUT2D eigenvalue weighted by Gasteiger charge is -2.12. The lowest BCUT2D eigenvalue weighted by atomic mass is 10.2. The van der Waals surface area contributed by atoms with E-state index in [0.717, 1.165) is 30.6 Å². The number of sulfonamides is 1. The first kappa shape index (κ1) is 18.6. The molecule has 0 bridgehead atoms. The van der Waals surface area contributed by atoms with Crippen LogP contribution >= 0.6 is 22.9 Å². The number of esters is 1. The van der Waals surface area contributed by atoms with Gasteiger partial charge in [0.25, 0.3) is 10.0 Å². The fourth-order valence-corrected chi connectivity index (χ4v) is 3.89. The van der Waals surface area contributed by atoms with Crippen LogP contribution in [-0.4, -0.2) is 21.5 Å². The molecule has 1 aromatic heterocycles. The molecule has 0 spiro atoms. The quantitative estimate of drug-likeness (QED) is 0.788. The molecule has 0 fully saturated rings. The van der Waals surface area contributed by atoms with Crippen molar-refractivity contribution in [3.8, 4) is 0 Å². The number of halogens is 4. The van der Waals surface area contributed by atoms with Crippen LogP contribution in [0.1, 0.15) is 15.2 Å². The van der Waals surface area contributed by atoms with Gasteiger partial charge in [-0.25, -0.2) is 13.2 Å². The molecule has 1 N–H and O–H groups in total. The van der Waals surface area contributed by atoms with Crippen LogP contribution in [-0.2, 0) is 20.9 Å². The summed E-state index contributed by atoms with van der Waals surface area (Å²) >= 11 is 6.39. The van der Waals surface area contributed by atoms with Crippen molar-refractivity contribution in [3.05, 3.63) is 45.1 Å². The summed E-state index contributed by atoms with van der Waals surface area (Å²) in [5.41, 5.74) is -1.36. The highest BCUT2D eigenvalue weighted by Crippen LogP contribution is 2.36. The highest BCUT2D eigenvalue weighted by molar-refractivity contribution is 7.92. The van der Waals surface area contributed by atoms with Crippen LogP contribution in [0.15, 0.2) is 34.5 Å². The summed E-state index contributed by atoms with van der Waals surface area (Å²) in [4.78, 5) is 10.9. The van der Waals surface area contributed by atoms with Crippen LogP contribution in [0.25, 0.3) is 0 Å². The second-order valence-electron chi connectivity index (χ2n) is 4.40. The first-order valence-electron chi connectivity index (χ1n) is 6.11. The summed E-state index contributed by atoms with van der Waals surface area (Å²) in [5.74, 6) is -0.769. The molecule has 0 amide bonds. The van der Waals surface area contributed by atoms with Gasteiger partial charge in [-0.2, -0.15) is 13.2 Å². The Kier molecular flexibility index (Phi) is 5.11. The Morgan fingerprint density at radius 1 is 1.29 bits per heavy atom. The van der Waals surface area contributed by atoms with Crippen LogP contribution < -0.4 is 4.72 Å². The number of nitrogens with one attached hydrogen (secondary N) is 1. The molecular formula is C13H9ClF3NO4S2. The topological polar surface area (TPSA) is 72.5 Å². The minimum absolute atomic E-state index is 0.0221. The first-order chi connectivity index (χ1) is 11.1. The second-order valence-corrected chi connectivity index (χ2v) is 7.41. The number of alkyl halides is 3. The van der Waals surface area contributed by atoms with Gasteiger partial charge in [0, 0.05) is 0 Å². The molecule has 130 valence electrons. The van der Waals surface area contributed by atoms with E-state index in [2.05, 4.69) is 9.46 Å². The third kappa shape index (κ3) is 3.82. The van der Waals surface area contributed by atoms with Gasteiger partial charge in [0.15, 0.2) is 0 Å². The van der Waals surface area contributed by atoms with Crippen LogP contribution in [0.2, 0.25) is 5.02 Å². The number of anilines is 1. The zero-order valence-corrected chi connectivity index (χ0v) is 14.2. The van der Waals surface area contributed by atoms with Crippen molar-refractivity contribution in [1.29, 1.82) is 0 Å². The van der Waals surface area contributed by atoms with E-state index >= 15 is 0 Å². The number of ether oxygens (including phenoxy) is 1. The Labute approximate surface area is 144 Å². The molecule has 0 unspecified atom stereocenters. The zero-order valence-electron chi connectivity index (χ0n) is 11.8. The van der Waals surface area contributed by atoms with Crippen LogP contribution in [0.4, 0.5) is 18.9 Å². The lowest BCUT2D eigenvalue weighted by molar-refractivity contribution is -0.137. The van der Waals surface area contributed by atoms with E-state index in [9.17, 15) is 26.4 Å². The Bertz CT molecular complexity index is 878. The molecule has 5 nitrogen and oxygen atoms in total. The minimum atomic E-state index is -4.80. The number of carbonyl (C=O) groups is 1. The molecule has 2 rings (SSSR count). The smallest absolute Gasteiger partial charge is 0.417 e. The maximum atomic E-state index is 12.9. The first-order valence-corrected chi connectivity index (χ1v) is 8.85. The second kappa shape index (κ2) is 6.61. The number of hydrogen-bond donors (Lipinski definition) is 1. The molecule has 24 heavy (non-hydrogen) atoms. The molecular weight excluding hydrogens is 391 g/mol. The number of rotatable bonds is 4. The third-order valence-corrected chi connectivity index (χ3v) is 5.42. The number of benzene rings is 1. The fourth-order valence-electron chi connectivity index (χ4n) is 1.73. The van der Waals surface area contributed by atoms with Gasteiger partial charge in [0.05, 0.1) is 28.3 Å². The van der Waals surface area contributed by atoms with Crippen molar-refractivity contribution in [3.63, 3.8) is 0 Å². The van der Waals surface area contributed by atoms with Gasteiger partial charge in [-0.1, -0.05) is 11.6 Å². The third-order valence-electron chi connectivity index (χ3n) is 2.83. The molecule has 0 radical (unpaired) electrons. The Hall–Kier alpha value is -1.78. The molecule has 0 aliphatic heterocycles. The molecule has 0 saturated carbocycles. The van der Waals surface area contributed by atoms with Crippen molar-refractivity contribution in [2.45, 2.75) is 11.1 Å². The largest absolute Gasteiger partial charge is 0.465 e. The highest BCUT2D eigenvalue weighted by atomic mass is 35.5. The van der Waals surface area contributed by atoms with Crippen molar-refractivity contribution >= 4 is 44.6 Å². The average molecular weight is 400 g/mol. The summed E-state index contributed by atoms with van der Waals surface area (Å²) in [6.45, 7) is 0. The standard InChI is InChI=1S/C13H9ClF3NO4S2/c1-22-12(19)11-10(4-5-23-11)18-24(20,21)7-2-3-9(14)8(6-7)13(15,16)17/h2-6,18H,1H3. The van der Waals surface area contributed by atoms with Crippen LogP contribution in [0.5, 0.6) is 0 Å². The molecule has 2 aromatic rings. The van der Waals surface area contributed by atoms with Gasteiger partial charge in [0.2, 0.25) is 0 Å². The Morgan fingerprint density at radius 3 is 2.54 bits per heavy atom. The van der Waals surface area contributed by atoms with E-state index in [4.69, 9.17) is 11.6 Å². The van der Waals surface area contributed by atoms with Gasteiger partial charge in [0.1, 0.15) is 4.88 Å². The molecule has 0 aliphatic carbocycles. The van der Waals surface area contributed by atoms with Crippen molar-refractivity contribution in [2.24, 2.45) is 0 Å². The molecule has 1 aromatic carbocycles. The van der Waals surface area contributed by atoms with Crippen molar-refractivity contribution < 1.29 is 31.1 Å². The summed E-state index contributed by atoms with van der Waals surface area (Å²) in [5, 5.41) is 0.819. The molecule has 0 saturated heterocycles. The summed E-state index contributed by atoms with van der Waals surface area (Å²) < 4.78 is 69.7. The van der Waals surface area contributed by atoms with Gasteiger partial charge in [-0.15, -0.1) is 11.3 Å². The van der Waals surface area contributed by atoms with E-state index in [1.807, 2.05) is 0 Å². The van der Waals surface area contributed by atoms with E-state index in [1.165, 1.54) is 11.4 Å². The zero-order chi connectivity index (χ0) is 18.1. The number of hydrogen-bond acceptors (Lipinski definition) is 5. The SMILES string of the molecule is COC(=O)c1sccc1NS(=O)(=O)c1ccc(Cl)c(C(F)(F)F)c1. The van der Waals surface area contributed by atoms with Gasteiger partial charge in [-0.3, -0.25) is 4.72 Å². The van der Waals surface area contributed by atoms with E-state index in [0.29, 0.717) is 6.07 Å². The Morgan fingerprint density at radius 2 is 1.96 bits per heavy atom. The van der Waals surface area contributed by atoms with Crippen molar-refractivity contribution in [1.82, 2.24) is 0 Å². The minimum Gasteiger partial charge on any atom is -0.465 e. The maximum absolute atomic E-state index is 12.9. The van der Waals surface area contributed by atoms with Gasteiger partial charge >= 0.3 is 12.1 Å². The average Bonchev–Trinajstić information content (AvgIpc) is 2.92. The van der Waals surface area contributed by atoms with Crippen LogP contribution in [0, 0.1) is 0 Å². The summed E-state index contributed by atoms with van der Waals surface area (Å²) in [6, 6.07) is 3.50. The lowest BCUT2D eigenvalue weighted by Crippen LogP contribution is -2.16. The van der Waals surface area contributed by atoms with Crippen molar-refractivity contribution in [2.75, 3.05) is 11.8 Å². The molecule has 1 heterocycles. The Balaban J connectivity index is 2.42. The molecule has 0 atom stereocenters. The summed E-state index contributed by atoms with van der Waals surface area (Å²) in [6.07, 6.45) is -4.80. The monoisotopic (exact) mass is 399 g/mol. The number of carbonyl (C=O) groups excluding carboxylic acids is 1. The van der Waals surface area contributed by atoms with E-state index in [-0.39, 0.29) is 10.6 Å². The van der Waals surface area contributed by atoms with Gasteiger partial charge < -0.3 is 4.74 Å². The predicted octanol–water partition coefficient (Wildman–Crippen LogP) is 4.01. The van der Waals surface area contributed by atoms with E-state index < -0.39 is 37.7 Å².